The van der Waals surface area contributed by atoms with Gasteiger partial charge in [-0.1, -0.05) is 31.2 Å². The predicted molar refractivity (Wildman–Crippen MR) is 79.4 cm³/mol. The summed E-state index contributed by atoms with van der Waals surface area (Å²) in [6.07, 6.45) is 0.805. The summed E-state index contributed by atoms with van der Waals surface area (Å²) in [5, 5.41) is 12.7. The molecule has 0 saturated carbocycles. The summed E-state index contributed by atoms with van der Waals surface area (Å²) in [4.78, 5) is 0. The van der Waals surface area contributed by atoms with Crippen LogP contribution in [0.3, 0.4) is 0 Å². The number of rotatable bonds is 5. The van der Waals surface area contributed by atoms with Gasteiger partial charge in [-0.25, -0.2) is 4.39 Å². The molecule has 1 atom stereocenters. The number of phenolic OH excluding ortho intramolecular Hbond substituents is 1. The van der Waals surface area contributed by atoms with Gasteiger partial charge < -0.3 is 10.4 Å². The molecule has 0 bridgehead atoms. The Bertz CT molecular complexity index is 566. The fraction of sp³-hybridized carbons (Fsp3) is 0.294. The smallest absolute Gasteiger partial charge is 0.126 e. The molecule has 0 aliphatic carbocycles. The number of nitrogens with one attached hydrogen (secondary N) is 1. The second-order valence-corrected chi connectivity index (χ2v) is 4.99. The average Bonchev–Trinajstić information content (AvgIpc) is 2.44. The van der Waals surface area contributed by atoms with Crippen LogP contribution in [0.4, 0.5) is 4.39 Å². The van der Waals surface area contributed by atoms with Gasteiger partial charge in [0.05, 0.1) is 0 Å². The van der Waals surface area contributed by atoms with Crippen molar-refractivity contribution >= 4 is 0 Å². The number of halogens is 1. The number of benzene rings is 2. The third kappa shape index (κ3) is 3.58. The van der Waals surface area contributed by atoms with Gasteiger partial charge in [-0.15, -0.1) is 0 Å². The Morgan fingerprint density at radius 1 is 1.15 bits per heavy atom. The first-order valence-corrected chi connectivity index (χ1v) is 6.87. The Kier molecular flexibility index (Phi) is 4.74. The number of aromatic hydroxyl groups is 1. The molecule has 106 valence electrons. The largest absolute Gasteiger partial charge is 0.508 e. The van der Waals surface area contributed by atoms with Crippen molar-refractivity contribution in [2.75, 3.05) is 6.54 Å². The molecular weight excluding hydrogens is 253 g/mol. The summed E-state index contributed by atoms with van der Waals surface area (Å²) in [5.41, 5.74) is 2.88. The Balaban J connectivity index is 2.21. The zero-order valence-electron chi connectivity index (χ0n) is 11.9. The van der Waals surface area contributed by atoms with Gasteiger partial charge in [0.2, 0.25) is 0 Å². The van der Waals surface area contributed by atoms with Crippen molar-refractivity contribution in [2.45, 2.75) is 26.3 Å². The zero-order chi connectivity index (χ0) is 14.5. The van der Waals surface area contributed by atoms with Crippen LogP contribution in [-0.2, 0) is 6.42 Å². The Hall–Kier alpha value is -1.87. The molecule has 0 amide bonds. The van der Waals surface area contributed by atoms with Gasteiger partial charge >= 0.3 is 0 Å². The van der Waals surface area contributed by atoms with Crippen molar-refractivity contribution in [1.29, 1.82) is 0 Å². The van der Waals surface area contributed by atoms with E-state index < -0.39 is 0 Å². The monoisotopic (exact) mass is 273 g/mol. The van der Waals surface area contributed by atoms with E-state index >= 15 is 0 Å². The first kappa shape index (κ1) is 14.5. The van der Waals surface area contributed by atoms with Crippen molar-refractivity contribution in [3.05, 3.63) is 65.0 Å². The maximum absolute atomic E-state index is 13.4. The number of hydrogen-bond acceptors (Lipinski definition) is 2. The summed E-state index contributed by atoms with van der Waals surface area (Å²) in [7, 11) is 0. The lowest BCUT2D eigenvalue weighted by molar-refractivity contribution is 0.474. The third-order valence-electron chi connectivity index (χ3n) is 3.41. The minimum absolute atomic E-state index is 0.142. The molecular formula is C17H20FNO. The second-order valence-electron chi connectivity index (χ2n) is 4.99. The number of aryl methyl sites for hydroxylation is 1. The molecule has 0 fully saturated rings. The van der Waals surface area contributed by atoms with E-state index in [0.29, 0.717) is 5.56 Å². The van der Waals surface area contributed by atoms with Crippen LogP contribution in [0.5, 0.6) is 5.75 Å². The van der Waals surface area contributed by atoms with E-state index in [1.54, 1.807) is 19.1 Å². The maximum Gasteiger partial charge on any atom is 0.126 e. The first-order chi connectivity index (χ1) is 9.60. The van der Waals surface area contributed by atoms with Crippen LogP contribution in [0.2, 0.25) is 0 Å². The van der Waals surface area contributed by atoms with Gasteiger partial charge in [0.25, 0.3) is 0 Å². The lowest BCUT2D eigenvalue weighted by Crippen LogP contribution is -2.23. The molecule has 20 heavy (non-hydrogen) atoms. The molecule has 0 heterocycles. The van der Waals surface area contributed by atoms with Gasteiger partial charge in [-0.2, -0.15) is 0 Å². The highest BCUT2D eigenvalue weighted by Gasteiger charge is 2.12. The molecule has 2 aromatic carbocycles. The minimum Gasteiger partial charge on any atom is -0.508 e. The highest BCUT2D eigenvalue weighted by molar-refractivity contribution is 5.30. The van der Waals surface area contributed by atoms with Crippen LogP contribution in [0.1, 0.15) is 29.7 Å². The van der Waals surface area contributed by atoms with Gasteiger partial charge in [0, 0.05) is 6.04 Å². The minimum atomic E-state index is -0.173. The van der Waals surface area contributed by atoms with Crippen molar-refractivity contribution in [1.82, 2.24) is 5.32 Å². The molecule has 0 aromatic heterocycles. The quantitative estimate of drug-likeness (QED) is 0.870. The summed E-state index contributed by atoms with van der Waals surface area (Å²) in [6.45, 7) is 4.68. The van der Waals surface area contributed by atoms with Crippen LogP contribution >= 0.6 is 0 Å². The average molecular weight is 273 g/mol. The molecule has 0 aliphatic heterocycles. The predicted octanol–water partition coefficient (Wildman–Crippen LogP) is 3.73. The van der Waals surface area contributed by atoms with Crippen LogP contribution in [0.25, 0.3) is 0 Å². The molecule has 2 N–H and O–H groups in total. The number of hydrogen-bond donors (Lipinski definition) is 2. The molecule has 1 unspecified atom stereocenters. The summed E-state index contributed by atoms with van der Waals surface area (Å²) in [6, 6.07) is 12.6. The summed E-state index contributed by atoms with van der Waals surface area (Å²) in [5.74, 6) is 0.0972. The summed E-state index contributed by atoms with van der Waals surface area (Å²) >= 11 is 0. The van der Waals surface area contributed by atoms with Gasteiger partial charge in [0.15, 0.2) is 0 Å². The molecule has 0 spiro atoms. The second kappa shape index (κ2) is 6.53. The van der Waals surface area contributed by atoms with E-state index in [9.17, 15) is 9.50 Å². The van der Waals surface area contributed by atoms with E-state index in [1.807, 2.05) is 24.3 Å². The van der Waals surface area contributed by atoms with E-state index in [0.717, 1.165) is 24.1 Å². The SMILES string of the molecule is CCNC(Cc1ccc(O)cc1)c1ccc(F)c(C)c1. The molecule has 0 radical (unpaired) electrons. The fourth-order valence-corrected chi connectivity index (χ4v) is 2.31. The van der Waals surface area contributed by atoms with Crippen LogP contribution in [0, 0.1) is 12.7 Å². The fourth-order valence-electron chi connectivity index (χ4n) is 2.31. The van der Waals surface area contributed by atoms with Crippen molar-refractivity contribution in [3.63, 3.8) is 0 Å². The highest BCUT2D eigenvalue weighted by Crippen LogP contribution is 2.22. The summed E-state index contributed by atoms with van der Waals surface area (Å²) < 4.78 is 13.4. The molecule has 3 heteroatoms. The van der Waals surface area contributed by atoms with E-state index in [1.165, 1.54) is 6.07 Å². The maximum atomic E-state index is 13.4. The third-order valence-corrected chi connectivity index (χ3v) is 3.41. The Labute approximate surface area is 119 Å². The number of phenols is 1. The Morgan fingerprint density at radius 3 is 2.45 bits per heavy atom. The molecule has 2 nitrogen and oxygen atoms in total. The topological polar surface area (TPSA) is 32.3 Å². The standard InChI is InChI=1S/C17H20FNO/c1-3-19-17(11-13-4-7-15(20)8-5-13)14-6-9-16(18)12(2)10-14/h4-10,17,19-20H,3,11H2,1-2H3. The zero-order valence-corrected chi connectivity index (χ0v) is 11.9. The van der Waals surface area contributed by atoms with Gasteiger partial charge in [-0.05, 0) is 54.8 Å². The van der Waals surface area contributed by atoms with Crippen LogP contribution in [-0.4, -0.2) is 11.7 Å². The normalized spacial score (nSPS) is 12.3. The molecule has 2 rings (SSSR count). The number of likely N-dealkylation sites (N-methyl/N-ethyl adjacent to an activating group) is 1. The van der Waals surface area contributed by atoms with Gasteiger partial charge in [0.1, 0.15) is 11.6 Å². The van der Waals surface area contributed by atoms with Crippen LogP contribution in [0.15, 0.2) is 42.5 Å². The lowest BCUT2D eigenvalue weighted by atomic mass is 9.97. The molecule has 0 saturated heterocycles. The molecule has 2 aromatic rings. The van der Waals surface area contributed by atoms with Gasteiger partial charge in [-0.3, -0.25) is 0 Å². The van der Waals surface area contributed by atoms with Crippen molar-refractivity contribution in [3.8, 4) is 5.75 Å². The molecule has 0 aliphatic rings. The van der Waals surface area contributed by atoms with Crippen LogP contribution < -0.4 is 5.32 Å². The van der Waals surface area contributed by atoms with Crippen molar-refractivity contribution < 1.29 is 9.50 Å². The van der Waals surface area contributed by atoms with E-state index in [4.69, 9.17) is 0 Å². The van der Waals surface area contributed by atoms with E-state index in [2.05, 4.69) is 12.2 Å². The lowest BCUT2D eigenvalue weighted by Gasteiger charge is -2.19. The van der Waals surface area contributed by atoms with E-state index in [-0.39, 0.29) is 17.6 Å². The van der Waals surface area contributed by atoms with Crippen molar-refractivity contribution in [2.24, 2.45) is 0 Å². The highest BCUT2D eigenvalue weighted by atomic mass is 19.1. The Morgan fingerprint density at radius 2 is 1.85 bits per heavy atom. The first-order valence-electron chi connectivity index (χ1n) is 6.87.